The monoisotopic (exact) mass is 286 g/mol. The third kappa shape index (κ3) is 5.53. The first-order chi connectivity index (χ1) is 11.3. The average Bonchev–Trinajstić information content (AvgIpc) is 2.78. The van der Waals surface area contributed by atoms with Crippen molar-refractivity contribution in [3.63, 3.8) is 0 Å². The van der Waals surface area contributed by atoms with E-state index in [9.17, 15) is 0 Å². The lowest BCUT2D eigenvalue weighted by molar-refractivity contribution is 0.684. The van der Waals surface area contributed by atoms with E-state index >= 15 is 0 Å². The molecule has 2 bridgehead atoms. The summed E-state index contributed by atoms with van der Waals surface area (Å²) in [5.74, 6) is 12.3. The molecular formula is C21H17O+. The van der Waals surface area contributed by atoms with E-state index in [-0.39, 0.29) is 0 Å². The number of rotatable bonds is 0. The molecule has 2 aliphatic rings. The highest BCUT2D eigenvalue weighted by atomic mass is 16.1. The van der Waals surface area contributed by atoms with Crippen molar-refractivity contribution in [3.05, 3.63) is 83.6 Å². The number of hydrogen-bond donors (Lipinski definition) is 0. The van der Waals surface area contributed by atoms with Crippen LogP contribution in [0.15, 0.2) is 83.6 Å². The van der Waals surface area contributed by atoms with E-state index < -0.39 is 0 Å². The minimum atomic E-state index is 0.466. The zero-order valence-corrected chi connectivity index (χ0v) is 12.5. The van der Waals surface area contributed by atoms with Gasteiger partial charge in [-0.25, -0.2) is 0 Å². The summed E-state index contributed by atoms with van der Waals surface area (Å²) in [5.41, 5.74) is 3.03. The molecule has 22 heavy (non-hydrogen) atoms. The molecule has 106 valence electrons. The minimum Gasteiger partial charge on any atom is -0.274 e. The van der Waals surface area contributed by atoms with Gasteiger partial charge in [-0.1, -0.05) is 60.4 Å². The minimum absolute atomic E-state index is 0.466. The van der Waals surface area contributed by atoms with Crippen LogP contribution in [-0.2, 0) is 0 Å². The van der Waals surface area contributed by atoms with E-state index in [4.69, 9.17) is 1.43 Å². The van der Waals surface area contributed by atoms with Crippen LogP contribution in [0.4, 0.5) is 0 Å². The Balaban J connectivity index is 2.39. The summed E-state index contributed by atoms with van der Waals surface area (Å²) in [4.78, 5) is 4.62. The molecule has 2 aliphatic carbocycles. The van der Waals surface area contributed by atoms with E-state index in [1.54, 1.807) is 12.2 Å². The zero-order valence-electron chi connectivity index (χ0n) is 13.5. The fraction of sp³-hybridized carbons (Fsp3) is 0.0952. The van der Waals surface area contributed by atoms with Crippen LogP contribution in [0.1, 0.15) is 14.8 Å². The van der Waals surface area contributed by atoms with Crippen molar-refractivity contribution in [1.82, 2.24) is 0 Å². The lowest BCUT2D eigenvalue weighted by Crippen LogP contribution is -1.88. The number of fused-ring (bicyclic) bond motifs is 2. The molecule has 0 aromatic rings. The summed E-state index contributed by atoms with van der Waals surface area (Å²) in [6, 6.07) is 0. The maximum absolute atomic E-state index is 7.12. The highest BCUT2D eigenvalue weighted by Gasteiger charge is 2.01. The first-order valence-electron chi connectivity index (χ1n) is 7.47. The highest BCUT2D eigenvalue weighted by molar-refractivity contribution is 6.00. The predicted octanol–water partition coefficient (Wildman–Crippen LogP) is 3.98. The van der Waals surface area contributed by atoms with Crippen molar-refractivity contribution in [2.45, 2.75) is 13.3 Å². The van der Waals surface area contributed by atoms with Gasteiger partial charge < -0.3 is 0 Å². The summed E-state index contributed by atoms with van der Waals surface area (Å²) in [7, 11) is 0. The van der Waals surface area contributed by atoms with Gasteiger partial charge in [-0.15, -0.1) is 0 Å². The van der Waals surface area contributed by atoms with Crippen LogP contribution in [0.5, 0.6) is 0 Å². The molecule has 0 spiro atoms. The molecule has 0 amide bonds. The summed E-state index contributed by atoms with van der Waals surface area (Å²) in [5, 5.41) is 0. The largest absolute Gasteiger partial charge is 0.686 e. The number of carbonyl (C=O) groups excluding carboxylic acids is 1. The number of hydrogen-bond acceptors (Lipinski definition) is 0. The van der Waals surface area contributed by atoms with E-state index in [1.165, 1.54) is 0 Å². The van der Waals surface area contributed by atoms with Gasteiger partial charge in [-0.2, -0.15) is 0 Å². The fourth-order valence-electron chi connectivity index (χ4n) is 1.83. The second kappa shape index (κ2) is 8.30. The molecule has 0 aromatic carbocycles. The Hall–Kier alpha value is -3.03. The fourth-order valence-corrected chi connectivity index (χ4v) is 1.83. The van der Waals surface area contributed by atoms with Crippen molar-refractivity contribution in [2.24, 2.45) is 0 Å². The van der Waals surface area contributed by atoms with Gasteiger partial charge >= 0.3 is 7.21 Å². The van der Waals surface area contributed by atoms with Gasteiger partial charge in [-0.3, -0.25) is 4.80 Å². The SMILES string of the molecule is [2H][O+]=C1\C=C/C=C/C=C(/C)C#CC#CC2=CC=CC=C(/C=C/1)C2. The van der Waals surface area contributed by atoms with Gasteiger partial charge in [0.05, 0.1) is 0 Å². The van der Waals surface area contributed by atoms with Gasteiger partial charge in [-0.05, 0) is 36.0 Å². The van der Waals surface area contributed by atoms with Crippen LogP contribution in [-0.4, -0.2) is 10.6 Å². The van der Waals surface area contributed by atoms with Gasteiger partial charge in [0.25, 0.3) is 0 Å². The van der Waals surface area contributed by atoms with Crippen molar-refractivity contribution >= 4 is 5.78 Å². The molecule has 2 rings (SSSR count). The van der Waals surface area contributed by atoms with Crippen LogP contribution >= 0.6 is 0 Å². The average molecular weight is 286 g/mol. The smallest absolute Gasteiger partial charge is 0.274 e. The van der Waals surface area contributed by atoms with Crippen molar-refractivity contribution in [1.29, 1.82) is 0 Å². The van der Waals surface area contributed by atoms with Crippen LogP contribution in [0.3, 0.4) is 0 Å². The molecule has 0 aromatic heterocycles. The van der Waals surface area contributed by atoms with Crippen LogP contribution in [0, 0.1) is 23.7 Å². The maximum Gasteiger partial charge on any atom is 0.686 e. The lowest BCUT2D eigenvalue weighted by Gasteiger charge is -1.98. The summed E-state index contributed by atoms with van der Waals surface area (Å²) in [6.45, 7) is 1.94. The Bertz CT molecular complexity index is 817. The molecule has 1 nitrogen and oxygen atoms in total. The van der Waals surface area contributed by atoms with Gasteiger partial charge in [0.1, 0.15) is 0 Å². The normalized spacial score (nSPS) is 26.5. The summed E-state index contributed by atoms with van der Waals surface area (Å²) < 4.78 is 7.12. The molecule has 0 saturated heterocycles. The molecule has 1 N–H and O–H groups in total. The van der Waals surface area contributed by atoms with Crippen molar-refractivity contribution < 1.29 is 6.23 Å². The molecule has 0 unspecified atom stereocenters. The maximum atomic E-state index is 7.12. The Kier molecular flexibility index (Phi) is 5.26. The topological polar surface area (TPSA) is 21.4 Å². The second-order valence-corrected chi connectivity index (χ2v) is 4.82. The third-order valence-corrected chi connectivity index (χ3v) is 2.95. The van der Waals surface area contributed by atoms with E-state index in [1.807, 2.05) is 61.6 Å². The molecule has 1 heteroatoms. The van der Waals surface area contributed by atoms with Crippen LogP contribution in [0.25, 0.3) is 0 Å². The van der Waals surface area contributed by atoms with Crippen LogP contribution < -0.4 is 0 Å². The Morgan fingerprint density at radius 2 is 1.73 bits per heavy atom. The molecule has 0 fully saturated rings. The number of allylic oxidation sites excluding steroid dienone is 14. The Labute approximate surface area is 133 Å². The molecular weight excluding hydrogens is 268 g/mol. The zero-order chi connectivity index (χ0) is 16.3. The lowest BCUT2D eigenvalue weighted by atomic mass is 10.1. The van der Waals surface area contributed by atoms with E-state index in [0.717, 1.165) is 23.1 Å². The van der Waals surface area contributed by atoms with Crippen molar-refractivity contribution in [3.8, 4) is 23.7 Å². The van der Waals surface area contributed by atoms with Gasteiger partial charge in [0, 0.05) is 24.1 Å². The molecule has 0 heterocycles. The van der Waals surface area contributed by atoms with Crippen molar-refractivity contribution in [2.75, 3.05) is 0 Å². The summed E-state index contributed by atoms with van der Waals surface area (Å²) >= 11 is 0. The molecule has 0 saturated carbocycles. The highest BCUT2D eigenvalue weighted by Crippen LogP contribution is 2.15. The molecule has 0 radical (unpaired) electrons. The Morgan fingerprint density at radius 3 is 2.64 bits per heavy atom. The standard InChI is InChI=1S/C21H16O/c1-18-9-3-2-4-14-21(22)16-15-20-13-8-7-12-19(17-20)11-6-5-10-18/h2-4,7-9,12-16H,17H2,1H3/p+1/b3-2+,14-4-,16-15+,18-9-/i/hD. The van der Waals surface area contributed by atoms with E-state index in [2.05, 4.69) is 28.5 Å². The second-order valence-electron chi connectivity index (χ2n) is 4.82. The summed E-state index contributed by atoms with van der Waals surface area (Å²) in [6.07, 6.45) is 21.6. The van der Waals surface area contributed by atoms with Crippen LogP contribution in [0.2, 0.25) is 0 Å². The first kappa shape index (κ1) is 13.9. The Morgan fingerprint density at radius 1 is 0.909 bits per heavy atom. The van der Waals surface area contributed by atoms with Gasteiger partial charge in [0.15, 0.2) is 0 Å². The number of ketones is 1. The predicted molar refractivity (Wildman–Crippen MR) is 93.6 cm³/mol. The third-order valence-electron chi connectivity index (χ3n) is 2.95. The molecule has 0 aliphatic heterocycles. The quantitative estimate of drug-likeness (QED) is 0.474. The molecule has 0 atom stereocenters. The first-order valence-corrected chi connectivity index (χ1v) is 7.06. The van der Waals surface area contributed by atoms with Gasteiger partial charge in [0.2, 0.25) is 0 Å². The van der Waals surface area contributed by atoms with E-state index in [0.29, 0.717) is 5.78 Å².